The van der Waals surface area contributed by atoms with Crippen molar-refractivity contribution in [2.24, 2.45) is 10.7 Å². The third-order valence-electron chi connectivity index (χ3n) is 2.47. The van der Waals surface area contributed by atoms with E-state index in [0.29, 0.717) is 0 Å². The number of ether oxygens (including phenoxy) is 1. The van der Waals surface area contributed by atoms with Crippen molar-refractivity contribution in [2.45, 2.75) is 0 Å². The van der Waals surface area contributed by atoms with Crippen LogP contribution in [0.5, 0.6) is 5.75 Å². The van der Waals surface area contributed by atoms with Gasteiger partial charge in [-0.15, -0.1) is 0 Å². The average Bonchev–Trinajstić information content (AvgIpc) is 2.82. The summed E-state index contributed by atoms with van der Waals surface area (Å²) in [6, 6.07) is 3.81. The van der Waals surface area contributed by atoms with Gasteiger partial charge in [0.15, 0.2) is 0 Å². The first-order valence-electron chi connectivity index (χ1n) is 5.16. The van der Waals surface area contributed by atoms with Gasteiger partial charge in [-0.3, -0.25) is 4.99 Å². The Labute approximate surface area is 99.2 Å². The quantitative estimate of drug-likeness (QED) is 0.809. The van der Waals surface area contributed by atoms with Crippen molar-refractivity contribution in [3.8, 4) is 5.75 Å². The number of hydrogen-bond acceptors (Lipinski definition) is 4. The largest absolute Gasteiger partial charge is 0.494 e. The number of methoxy groups -OCH3 is 1. The molecule has 2 heterocycles. The Hall–Kier alpha value is -2.30. The first-order chi connectivity index (χ1) is 8.30. The van der Waals surface area contributed by atoms with Crippen molar-refractivity contribution in [1.82, 2.24) is 9.61 Å². The number of nitrogens with two attached hydrogens (primary N) is 1. The lowest BCUT2D eigenvalue weighted by Gasteiger charge is -2.07. The van der Waals surface area contributed by atoms with Gasteiger partial charge in [-0.2, -0.15) is 5.10 Å². The van der Waals surface area contributed by atoms with Gasteiger partial charge in [0.25, 0.3) is 0 Å². The highest BCUT2D eigenvalue weighted by molar-refractivity contribution is 6.09. The third kappa shape index (κ3) is 1.99. The SMILES string of the molecule is CN=CC(=CN)c1cc(OC)c2ccnn2c1. The Morgan fingerprint density at radius 1 is 1.59 bits per heavy atom. The summed E-state index contributed by atoms with van der Waals surface area (Å²) in [6.45, 7) is 0. The van der Waals surface area contributed by atoms with Crippen molar-refractivity contribution >= 4 is 17.3 Å². The van der Waals surface area contributed by atoms with E-state index >= 15 is 0 Å². The van der Waals surface area contributed by atoms with E-state index in [0.717, 1.165) is 22.4 Å². The molecule has 0 unspecified atom stereocenters. The standard InChI is InChI=1S/C12H14N4O/c1-14-7-10(6-13)9-5-12(17-2)11-3-4-15-16(11)8-9/h3-8H,13H2,1-2H3. The molecule has 0 radical (unpaired) electrons. The van der Waals surface area contributed by atoms with E-state index in [1.165, 1.54) is 6.20 Å². The Morgan fingerprint density at radius 3 is 3.06 bits per heavy atom. The highest BCUT2D eigenvalue weighted by Crippen LogP contribution is 2.24. The summed E-state index contributed by atoms with van der Waals surface area (Å²) in [7, 11) is 3.33. The number of fused-ring (bicyclic) bond motifs is 1. The van der Waals surface area contributed by atoms with E-state index in [9.17, 15) is 0 Å². The molecule has 0 aliphatic rings. The molecule has 0 fully saturated rings. The van der Waals surface area contributed by atoms with Gasteiger partial charge in [-0.25, -0.2) is 4.52 Å². The number of hydrogen-bond donors (Lipinski definition) is 1. The summed E-state index contributed by atoms with van der Waals surface area (Å²) in [5.41, 5.74) is 8.23. The Balaban J connectivity index is 2.62. The maximum atomic E-state index is 5.58. The first-order valence-corrected chi connectivity index (χ1v) is 5.16. The molecule has 88 valence electrons. The molecular formula is C12H14N4O. The Morgan fingerprint density at radius 2 is 2.41 bits per heavy atom. The van der Waals surface area contributed by atoms with Crippen LogP contribution in [-0.4, -0.2) is 30.0 Å². The summed E-state index contributed by atoms with van der Waals surface area (Å²) >= 11 is 0. The van der Waals surface area contributed by atoms with Crippen molar-refractivity contribution in [1.29, 1.82) is 0 Å². The molecule has 5 nitrogen and oxygen atoms in total. The predicted octanol–water partition coefficient (Wildman–Crippen LogP) is 1.34. The highest BCUT2D eigenvalue weighted by Gasteiger charge is 2.07. The van der Waals surface area contributed by atoms with E-state index < -0.39 is 0 Å². The number of nitrogens with zero attached hydrogens (tertiary/aromatic N) is 3. The monoisotopic (exact) mass is 230 g/mol. The van der Waals surface area contributed by atoms with Crippen LogP contribution in [0.25, 0.3) is 11.1 Å². The number of aliphatic imine (C=N–C) groups is 1. The van der Waals surface area contributed by atoms with Gasteiger partial charge in [0.1, 0.15) is 11.3 Å². The van der Waals surface area contributed by atoms with Gasteiger partial charge in [0, 0.05) is 36.8 Å². The van der Waals surface area contributed by atoms with Gasteiger partial charge in [-0.05, 0) is 12.1 Å². The molecule has 2 rings (SSSR count). The van der Waals surface area contributed by atoms with Crippen molar-refractivity contribution < 1.29 is 4.74 Å². The molecule has 17 heavy (non-hydrogen) atoms. The van der Waals surface area contributed by atoms with Gasteiger partial charge >= 0.3 is 0 Å². The summed E-state index contributed by atoms with van der Waals surface area (Å²) < 4.78 is 7.08. The minimum absolute atomic E-state index is 0.754. The summed E-state index contributed by atoms with van der Waals surface area (Å²) in [5.74, 6) is 0.754. The van der Waals surface area contributed by atoms with Crippen LogP contribution < -0.4 is 10.5 Å². The van der Waals surface area contributed by atoms with Gasteiger partial charge in [0.05, 0.1) is 13.3 Å². The molecule has 0 aliphatic heterocycles. The van der Waals surface area contributed by atoms with Crippen LogP contribution in [0.15, 0.2) is 35.7 Å². The van der Waals surface area contributed by atoms with Gasteiger partial charge < -0.3 is 10.5 Å². The van der Waals surface area contributed by atoms with Crippen molar-refractivity contribution in [3.63, 3.8) is 0 Å². The normalized spacial score (nSPS) is 12.5. The molecule has 0 atom stereocenters. The molecule has 0 saturated carbocycles. The summed E-state index contributed by atoms with van der Waals surface area (Å²) in [6.07, 6.45) is 6.82. The van der Waals surface area contributed by atoms with Gasteiger partial charge in [-0.1, -0.05) is 0 Å². The van der Waals surface area contributed by atoms with E-state index in [2.05, 4.69) is 10.1 Å². The fourth-order valence-electron chi connectivity index (χ4n) is 1.67. The van der Waals surface area contributed by atoms with Crippen LogP contribution in [0.1, 0.15) is 5.56 Å². The van der Waals surface area contributed by atoms with Crippen LogP contribution in [0.3, 0.4) is 0 Å². The minimum atomic E-state index is 0.754. The topological polar surface area (TPSA) is 64.9 Å². The fraction of sp³-hybridized carbons (Fsp3) is 0.167. The number of aromatic nitrogens is 2. The second kappa shape index (κ2) is 4.69. The van der Waals surface area contributed by atoms with Crippen molar-refractivity contribution in [3.05, 3.63) is 36.3 Å². The van der Waals surface area contributed by atoms with Crippen LogP contribution in [-0.2, 0) is 0 Å². The molecule has 5 heteroatoms. The lowest BCUT2D eigenvalue weighted by atomic mass is 10.1. The zero-order valence-corrected chi connectivity index (χ0v) is 9.79. The molecule has 2 aromatic rings. The van der Waals surface area contributed by atoms with Crippen LogP contribution in [0.2, 0.25) is 0 Å². The molecule has 0 amide bonds. The van der Waals surface area contributed by atoms with Crippen LogP contribution in [0.4, 0.5) is 0 Å². The summed E-state index contributed by atoms with van der Waals surface area (Å²) in [5, 5.41) is 4.19. The fourth-order valence-corrected chi connectivity index (χ4v) is 1.67. The summed E-state index contributed by atoms with van der Waals surface area (Å²) in [4.78, 5) is 3.96. The maximum Gasteiger partial charge on any atom is 0.145 e. The lowest BCUT2D eigenvalue weighted by Crippen LogP contribution is -1.98. The Kier molecular flexibility index (Phi) is 3.09. The number of pyridine rings is 1. The number of rotatable bonds is 3. The second-order valence-electron chi connectivity index (χ2n) is 3.47. The van der Waals surface area contributed by atoms with Crippen LogP contribution >= 0.6 is 0 Å². The average molecular weight is 230 g/mol. The zero-order chi connectivity index (χ0) is 12.3. The minimum Gasteiger partial charge on any atom is -0.494 e. The molecule has 0 spiro atoms. The molecule has 0 saturated heterocycles. The predicted molar refractivity (Wildman–Crippen MR) is 68.3 cm³/mol. The van der Waals surface area contributed by atoms with E-state index in [-0.39, 0.29) is 0 Å². The third-order valence-corrected chi connectivity index (χ3v) is 2.47. The molecule has 0 bridgehead atoms. The van der Waals surface area contributed by atoms with Crippen molar-refractivity contribution in [2.75, 3.05) is 14.2 Å². The van der Waals surface area contributed by atoms with E-state index in [1.54, 1.807) is 31.1 Å². The molecular weight excluding hydrogens is 216 g/mol. The molecule has 0 aliphatic carbocycles. The first kappa shape index (κ1) is 11.2. The highest BCUT2D eigenvalue weighted by atomic mass is 16.5. The number of allylic oxidation sites excluding steroid dienone is 1. The molecule has 0 aromatic carbocycles. The Bertz CT molecular complexity index is 583. The molecule has 2 N–H and O–H groups in total. The lowest BCUT2D eigenvalue weighted by molar-refractivity contribution is 0.417. The van der Waals surface area contributed by atoms with Gasteiger partial charge in [0.2, 0.25) is 0 Å². The van der Waals surface area contributed by atoms with E-state index in [4.69, 9.17) is 10.5 Å². The second-order valence-corrected chi connectivity index (χ2v) is 3.47. The van der Waals surface area contributed by atoms with E-state index in [1.807, 2.05) is 18.3 Å². The smallest absolute Gasteiger partial charge is 0.145 e. The van der Waals surface area contributed by atoms with Crippen LogP contribution in [0, 0.1) is 0 Å². The zero-order valence-electron chi connectivity index (χ0n) is 9.79. The maximum absolute atomic E-state index is 5.58. The molecule has 2 aromatic heterocycles.